The first-order valence-corrected chi connectivity index (χ1v) is 13.9. The Kier molecular flexibility index (Phi) is 10.2. The van der Waals surface area contributed by atoms with Crippen molar-refractivity contribution < 1.29 is 24.2 Å². The summed E-state index contributed by atoms with van der Waals surface area (Å²) in [6.07, 6.45) is -0.132. The summed E-state index contributed by atoms with van der Waals surface area (Å²) < 4.78 is 11.9. The number of para-hydroxylation sites is 1. The number of nitrogens with zero attached hydrogens (tertiary/aromatic N) is 2. The third kappa shape index (κ3) is 8.22. The molecule has 4 rings (SSSR count). The van der Waals surface area contributed by atoms with Gasteiger partial charge in [0.1, 0.15) is 17.6 Å². The van der Waals surface area contributed by atoms with Crippen LogP contribution in [0.2, 0.25) is 0 Å². The zero-order valence-corrected chi connectivity index (χ0v) is 24.2. The van der Waals surface area contributed by atoms with E-state index in [-0.39, 0.29) is 43.0 Å². The lowest BCUT2D eigenvalue weighted by molar-refractivity contribution is -0.134. The molecule has 0 bridgehead atoms. The number of carbonyl (C=O) groups excluding carboxylic acids is 2. The Morgan fingerprint density at radius 1 is 1.10 bits per heavy atom. The molecule has 0 aromatic heterocycles. The van der Waals surface area contributed by atoms with Crippen molar-refractivity contribution in [3.05, 3.63) is 83.9 Å². The van der Waals surface area contributed by atoms with E-state index in [4.69, 9.17) is 9.47 Å². The maximum absolute atomic E-state index is 13.5. The van der Waals surface area contributed by atoms with Gasteiger partial charge in [-0.25, -0.2) is 4.79 Å². The van der Waals surface area contributed by atoms with E-state index in [0.717, 1.165) is 17.9 Å². The number of nitrogens with one attached hydrogen (secondary N) is 2. The van der Waals surface area contributed by atoms with Crippen LogP contribution in [0, 0.1) is 5.92 Å². The number of hydrogen-bond acceptors (Lipinski definition) is 6. The van der Waals surface area contributed by atoms with Gasteiger partial charge in [0, 0.05) is 42.5 Å². The summed E-state index contributed by atoms with van der Waals surface area (Å²) in [5, 5.41) is 15.6. The summed E-state index contributed by atoms with van der Waals surface area (Å²) in [7, 11) is 3.70. The van der Waals surface area contributed by atoms with Crippen molar-refractivity contribution in [2.75, 3.05) is 44.5 Å². The quantitative estimate of drug-likeness (QED) is 0.353. The number of amides is 3. The molecule has 1 heterocycles. The third-order valence-corrected chi connectivity index (χ3v) is 7.31. The number of methoxy groups -OCH3 is 1. The maximum atomic E-state index is 13.5. The molecule has 41 heavy (non-hydrogen) atoms. The molecule has 0 saturated carbocycles. The topological polar surface area (TPSA) is 103 Å². The number of rotatable bonds is 9. The second kappa shape index (κ2) is 14.0. The molecule has 9 nitrogen and oxygen atoms in total. The Morgan fingerprint density at radius 3 is 2.49 bits per heavy atom. The van der Waals surface area contributed by atoms with E-state index >= 15 is 0 Å². The van der Waals surface area contributed by atoms with Crippen LogP contribution in [0.5, 0.6) is 11.5 Å². The first kappa shape index (κ1) is 29.9. The summed E-state index contributed by atoms with van der Waals surface area (Å²) in [6, 6.07) is 21.8. The molecule has 3 aromatic rings. The fourth-order valence-corrected chi connectivity index (χ4v) is 4.95. The highest BCUT2D eigenvalue weighted by atomic mass is 16.5. The number of benzene rings is 3. The van der Waals surface area contributed by atoms with E-state index in [9.17, 15) is 14.7 Å². The van der Waals surface area contributed by atoms with Crippen molar-refractivity contribution >= 4 is 23.3 Å². The lowest BCUT2D eigenvalue weighted by atomic mass is 10.0. The van der Waals surface area contributed by atoms with Crippen molar-refractivity contribution in [3.8, 4) is 11.5 Å². The van der Waals surface area contributed by atoms with Crippen LogP contribution >= 0.6 is 0 Å². The highest BCUT2D eigenvalue weighted by molar-refractivity contribution is 5.99. The minimum absolute atomic E-state index is 0.00771. The number of aliphatic hydroxyl groups is 1. The Labute approximate surface area is 242 Å². The molecule has 1 aliphatic heterocycles. The van der Waals surface area contributed by atoms with Crippen LogP contribution in [0.4, 0.5) is 16.2 Å². The second-order valence-electron chi connectivity index (χ2n) is 10.7. The lowest BCUT2D eigenvalue weighted by Crippen LogP contribution is -2.47. The maximum Gasteiger partial charge on any atom is 0.323 e. The normalized spacial score (nSPS) is 17.9. The minimum Gasteiger partial charge on any atom is -0.497 e. The molecule has 0 fully saturated rings. The van der Waals surface area contributed by atoms with Gasteiger partial charge in [-0.3, -0.25) is 9.69 Å². The first-order chi connectivity index (χ1) is 19.7. The monoisotopic (exact) mass is 560 g/mol. The van der Waals surface area contributed by atoms with E-state index in [1.165, 1.54) is 0 Å². The number of hydrogen-bond donors (Lipinski definition) is 3. The van der Waals surface area contributed by atoms with Crippen molar-refractivity contribution in [2.45, 2.75) is 39.0 Å². The molecular formula is C32H40N4O5. The standard InChI is InChI=1S/C32H40N4O5/c1-22-18-36(23(2)21-37)31(38)17-25-16-27(34-32(39)33-26-8-6-5-7-9-26)12-15-29(25)41-30(22)20-35(3)19-24-10-13-28(40-4)14-11-24/h5-16,22-23,30,37H,17-21H2,1-4H3,(H2,33,34,39)/t22-,23-,30+/m0/s1. The molecule has 3 atom stereocenters. The Morgan fingerprint density at radius 2 is 1.80 bits per heavy atom. The molecule has 0 aliphatic carbocycles. The molecule has 9 heteroatoms. The van der Waals surface area contributed by atoms with E-state index in [1.54, 1.807) is 36.3 Å². The summed E-state index contributed by atoms with van der Waals surface area (Å²) >= 11 is 0. The van der Waals surface area contributed by atoms with Crippen molar-refractivity contribution in [1.82, 2.24) is 9.80 Å². The smallest absolute Gasteiger partial charge is 0.323 e. The number of fused-ring (bicyclic) bond motifs is 1. The molecule has 218 valence electrons. The van der Waals surface area contributed by atoms with Gasteiger partial charge in [-0.05, 0) is 62.0 Å². The molecule has 3 amide bonds. The van der Waals surface area contributed by atoms with Crippen LogP contribution in [0.25, 0.3) is 0 Å². The number of aliphatic hydroxyl groups excluding tert-OH is 1. The van der Waals surface area contributed by atoms with Crippen molar-refractivity contribution in [1.29, 1.82) is 0 Å². The van der Waals surface area contributed by atoms with Gasteiger partial charge < -0.3 is 30.1 Å². The van der Waals surface area contributed by atoms with Gasteiger partial charge >= 0.3 is 6.03 Å². The molecule has 0 unspecified atom stereocenters. The van der Waals surface area contributed by atoms with Crippen LogP contribution in [-0.2, 0) is 17.8 Å². The van der Waals surface area contributed by atoms with Gasteiger partial charge in [0.2, 0.25) is 5.91 Å². The fourth-order valence-electron chi connectivity index (χ4n) is 4.95. The number of carbonyl (C=O) groups is 2. The largest absolute Gasteiger partial charge is 0.497 e. The molecule has 0 radical (unpaired) electrons. The summed E-state index contributed by atoms with van der Waals surface area (Å²) in [5.41, 5.74) is 3.06. The Balaban J connectivity index is 1.55. The Hall–Kier alpha value is -4.08. The number of urea groups is 1. The molecule has 0 saturated heterocycles. The lowest BCUT2D eigenvalue weighted by Gasteiger charge is -2.34. The average molecular weight is 561 g/mol. The predicted octanol–water partition coefficient (Wildman–Crippen LogP) is 4.62. The van der Waals surface area contributed by atoms with Gasteiger partial charge in [-0.15, -0.1) is 0 Å². The van der Waals surface area contributed by atoms with E-state index in [0.29, 0.717) is 35.8 Å². The van der Waals surface area contributed by atoms with Crippen LogP contribution < -0.4 is 20.1 Å². The van der Waals surface area contributed by atoms with Crippen LogP contribution in [0.15, 0.2) is 72.8 Å². The van der Waals surface area contributed by atoms with Gasteiger partial charge in [-0.1, -0.05) is 37.3 Å². The first-order valence-electron chi connectivity index (χ1n) is 13.9. The third-order valence-electron chi connectivity index (χ3n) is 7.31. The van der Waals surface area contributed by atoms with Gasteiger partial charge in [0.25, 0.3) is 0 Å². The number of likely N-dealkylation sites (N-methyl/N-ethyl adjacent to an activating group) is 1. The molecule has 3 N–H and O–H groups in total. The summed E-state index contributed by atoms with van der Waals surface area (Å²) in [5.74, 6) is 1.32. The van der Waals surface area contributed by atoms with Gasteiger partial charge in [-0.2, -0.15) is 0 Å². The van der Waals surface area contributed by atoms with E-state index in [2.05, 4.69) is 22.5 Å². The van der Waals surface area contributed by atoms with Crippen LogP contribution in [0.3, 0.4) is 0 Å². The zero-order valence-electron chi connectivity index (χ0n) is 24.2. The second-order valence-corrected chi connectivity index (χ2v) is 10.7. The van der Waals surface area contributed by atoms with E-state index < -0.39 is 0 Å². The molecule has 3 aromatic carbocycles. The van der Waals surface area contributed by atoms with Crippen molar-refractivity contribution in [3.63, 3.8) is 0 Å². The summed E-state index contributed by atoms with van der Waals surface area (Å²) in [6.45, 7) is 5.60. The van der Waals surface area contributed by atoms with Gasteiger partial charge in [0.15, 0.2) is 0 Å². The molecule has 1 aliphatic rings. The SMILES string of the molecule is COc1ccc(CN(C)C[C@H]2Oc3ccc(NC(=O)Nc4ccccc4)cc3CC(=O)N([C@@H](C)CO)C[C@@H]2C)cc1. The fraction of sp³-hybridized carbons (Fsp3) is 0.375. The highest BCUT2D eigenvalue weighted by Gasteiger charge is 2.31. The minimum atomic E-state index is -0.381. The number of ether oxygens (including phenoxy) is 2. The highest BCUT2D eigenvalue weighted by Crippen LogP contribution is 2.29. The molecular weight excluding hydrogens is 520 g/mol. The van der Waals surface area contributed by atoms with Gasteiger partial charge in [0.05, 0.1) is 26.2 Å². The zero-order chi connectivity index (χ0) is 29.4. The molecule has 0 spiro atoms. The Bertz CT molecular complexity index is 1300. The summed E-state index contributed by atoms with van der Waals surface area (Å²) in [4.78, 5) is 30.0. The van der Waals surface area contributed by atoms with Crippen LogP contribution in [0.1, 0.15) is 25.0 Å². The predicted molar refractivity (Wildman–Crippen MR) is 160 cm³/mol. The van der Waals surface area contributed by atoms with Crippen LogP contribution in [-0.4, -0.2) is 72.8 Å². The number of anilines is 2. The average Bonchev–Trinajstić information content (AvgIpc) is 3.01. The van der Waals surface area contributed by atoms with Crippen molar-refractivity contribution in [2.24, 2.45) is 5.92 Å². The van der Waals surface area contributed by atoms with E-state index in [1.807, 2.05) is 62.5 Å².